The molecule has 1 saturated heterocycles. The summed E-state index contributed by atoms with van der Waals surface area (Å²) in [5, 5.41) is 4.65. The first-order valence-electron chi connectivity index (χ1n) is 10.6. The molecule has 2 saturated carbocycles. The molecule has 0 bridgehead atoms. The van der Waals surface area contributed by atoms with Gasteiger partial charge >= 0.3 is 0 Å². The Bertz CT molecular complexity index is 1000. The molecule has 5 rings (SSSR count). The first-order chi connectivity index (χ1) is 14.4. The number of carbonyl (C=O) groups is 1. The second-order valence-corrected chi connectivity index (χ2v) is 8.59. The van der Waals surface area contributed by atoms with Crippen LogP contribution in [0.15, 0.2) is 11.0 Å². The molecular weight excluding hydrogens is 396 g/mol. The van der Waals surface area contributed by atoms with Gasteiger partial charge in [0.15, 0.2) is 5.65 Å². The Morgan fingerprint density at radius 3 is 2.57 bits per heavy atom. The van der Waals surface area contributed by atoms with E-state index in [0.29, 0.717) is 56.0 Å². The Hall–Kier alpha value is -2.36. The van der Waals surface area contributed by atoms with Gasteiger partial charge in [-0.05, 0) is 25.7 Å². The number of morpholine rings is 1. The fourth-order valence-corrected chi connectivity index (χ4v) is 4.81. The number of rotatable bonds is 3. The predicted octanol–water partition coefficient (Wildman–Crippen LogP) is 2.22. The lowest BCUT2D eigenvalue weighted by Crippen LogP contribution is -2.47. The Labute approximate surface area is 171 Å². The van der Waals surface area contributed by atoms with E-state index in [0.717, 1.165) is 12.8 Å². The largest absolute Gasteiger partial charge is 0.378 e. The highest BCUT2D eigenvalue weighted by molar-refractivity contribution is 5.81. The summed E-state index contributed by atoms with van der Waals surface area (Å²) in [6.45, 7) is 2.27. The number of alkyl halides is 2. The second-order valence-electron chi connectivity index (χ2n) is 8.59. The minimum atomic E-state index is -2.63. The number of hydrogen-bond acceptors (Lipinski definition) is 5. The molecule has 3 heterocycles. The molecule has 162 valence electrons. The number of nitrogens with zero attached hydrogens (tertiary/aromatic N) is 4. The summed E-state index contributed by atoms with van der Waals surface area (Å²) >= 11 is 0. The van der Waals surface area contributed by atoms with E-state index in [1.807, 2.05) is 4.90 Å². The maximum absolute atomic E-state index is 13.5. The quantitative estimate of drug-likeness (QED) is 0.820. The standard InChI is InChI=1S/C20H25F2N5O3/c21-20(22)5-3-12(4-6-20)27-17-15(11-23-27)18(28)25-16(24-17)13-1-2-14(13)19(29)26-7-9-30-10-8-26/h11-14H,1-10H2,(H,24,25,28)/t13-,14-/m0/s1. The van der Waals surface area contributed by atoms with Crippen LogP contribution in [-0.2, 0) is 9.53 Å². The van der Waals surface area contributed by atoms with Gasteiger partial charge in [0.1, 0.15) is 11.2 Å². The molecule has 10 heteroatoms. The molecule has 1 N–H and O–H groups in total. The van der Waals surface area contributed by atoms with Crippen molar-refractivity contribution in [2.75, 3.05) is 26.3 Å². The molecule has 0 spiro atoms. The van der Waals surface area contributed by atoms with Crippen LogP contribution in [0.3, 0.4) is 0 Å². The van der Waals surface area contributed by atoms with Crippen LogP contribution in [0.2, 0.25) is 0 Å². The fraction of sp³-hybridized carbons (Fsp3) is 0.700. The molecule has 2 aromatic heterocycles. The third-order valence-electron chi connectivity index (χ3n) is 6.78. The lowest BCUT2D eigenvalue weighted by atomic mass is 9.72. The van der Waals surface area contributed by atoms with Crippen LogP contribution in [-0.4, -0.2) is 62.8 Å². The second kappa shape index (κ2) is 7.40. The first kappa shape index (κ1) is 19.6. The van der Waals surface area contributed by atoms with Crippen LogP contribution < -0.4 is 5.56 Å². The lowest BCUT2D eigenvalue weighted by Gasteiger charge is -2.39. The molecule has 0 radical (unpaired) electrons. The van der Waals surface area contributed by atoms with Gasteiger partial charge in [-0.2, -0.15) is 5.10 Å². The summed E-state index contributed by atoms with van der Waals surface area (Å²) in [7, 11) is 0. The van der Waals surface area contributed by atoms with Gasteiger partial charge in [0.25, 0.3) is 5.56 Å². The number of fused-ring (bicyclic) bond motifs is 1. The van der Waals surface area contributed by atoms with Crippen molar-refractivity contribution >= 4 is 16.9 Å². The summed E-state index contributed by atoms with van der Waals surface area (Å²) in [6, 6.07) is -0.198. The topological polar surface area (TPSA) is 93.1 Å². The van der Waals surface area contributed by atoms with Crippen LogP contribution >= 0.6 is 0 Å². The van der Waals surface area contributed by atoms with Crippen LogP contribution in [0.1, 0.15) is 56.3 Å². The van der Waals surface area contributed by atoms with Gasteiger partial charge in [0.2, 0.25) is 11.8 Å². The van der Waals surface area contributed by atoms with Gasteiger partial charge in [0, 0.05) is 37.8 Å². The molecule has 2 atom stereocenters. The van der Waals surface area contributed by atoms with Gasteiger partial charge < -0.3 is 14.6 Å². The lowest BCUT2D eigenvalue weighted by molar-refractivity contribution is -0.143. The summed E-state index contributed by atoms with van der Waals surface area (Å²) in [5.41, 5.74) is 0.125. The molecule has 1 amide bonds. The summed E-state index contributed by atoms with van der Waals surface area (Å²) in [6.07, 6.45) is 3.22. The number of aromatic nitrogens is 4. The van der Waals surface area contributed by atoms with E-state index < -0.39 is 5.92 Å². The van der Waals surface area contributed by atoms with Gasteiger partial charge in [-0.1, -0.05) is 0 Å². The van der Waals surface area contributed by atoms with Gasteiger partial charge in [-0.15, -0.1) is 0 Å². The zero-order valence-electron chi connectivity index (χ0n) is 16.6. The maximum Gasteiger partial charge on any atom is 0.262 e. The van der Waals surface area contributed by atoms with Gasteiger partial charge in [-0.3, -0.25) is 9.59 Å². The molecule has 3 aliphatic rings. The highest BCUT2D eigenvalue weighted by Gasteiger charge is 2.42. The van der Waals surface area contributed by atoms with E-state index in [4.69, 9.17) is 4.74 Å². The predicted molar refractivity (Wildman–Crippen MR) is 103 cm³/mol. The summed E-state index contributed by atoms with van der Waals surface area (Å²) in [4.78, 5) is 34.9. The number of ether oxygens (including phenoxy) is 1. The van der Waals surface area contributed by atoms with E-state index >= 15 is 0 Å². The SMILES string of the molecule is O=C([C@H]1CC[C@@H]1c1nc2c(cnn2C2CCC(F)(F)CC2)c(=O)[nH]1)N1CCOCC1. The number of nitrogens with one attached hydrogen (secondary N) is 1. The highest BCUT2D eigenvalue weighted by Crippen LogP contribution is 2.43. The highest BCUT2D eigenvalue weighted by atomic mass is 19.3. The average Bonchev–Trinajstić information content (AvgIpc) is 3.12. The number of carbonyl (C=O) groups excluding carboxylic acids is 1. The van der Waals surface area contributed by atoms with E-state index in [1.54, 1.807) is 4.68 Å². The zero-order valence-corrected chi connectivity index (χ0v) is 16.6. The van der Waals surface area contributed by atoms with Crippen molar-refractivity contribution in [1.29, 1.82) is 0 Å². The van der Waals surface area contributed by atoms with Crippen LogP contribution in [0.25, 0.3) is 11.0 Å². The molecule has 3 fully saturated rings. The molecule has 0 unspecified atom stereocenters. The monoisotopic (exact) mass is 421 g/mol. The van der Waals surface area contributed by atoms with Gasteiger partial charge in [0.05, 0.1) is 25.5 Å². The number of amides is 1. The number of aromatic amines is 1. The third-order valence-corrected chi connectivity index (χ3v) is 6.78. The normalized spacial score (nSPS) is 27.2. The fourth-order valence-electron chi connectivity index (χ4n) is 4.81. The minimum absolute atomic E-state index is 0.0836. The molecule has 8 nitrogen and oxygen atoms in total. The van der Waals surface area contributed by atoms with Crippen molar-refractivity contribution in [3.63, 3.8) is 0 Å². The molecular formula is C20H25F2N5O3. The smallest absolute Gasteiger partial charge is 0.262 e. The van der Waals surface area contributed by atoms with Crippen molar-refractivity contribution < 1.29 is 18.3 Å². The van der Waals surface area contributed by atoms with Crippen molar-refractivity contribution in [3.8, 4) is 0 Å². The van der Waals surface area contributed by atoms with Crippen molar-refractivity contribution in [2.24, 2.45) is 5.92 Å². The Balaban J connectivity index is 1.41. The summed E-state index contributed by atoms with van der Waals surface area (Å²) in [5.74, 6) is -2.40. The van der Waals surface area contributed by atoms with E-state index in [1.165, 1.54) is 6.20 Å². The molecule has 1 aliphatic heterocycles. The number of hydrogen-bond donors (Lipinski definition) is 1. The molecule has 30 heavy (non-hydrogen) atoms. The third kappa shape index (κ3) is 3.40. The molecule has 2 aliphatic carbocycles. The Morgan fingerprint density at radius 1 is 1.17 bits per heavy atom. The van der Waals surface area contributed by atoms with Crippen LogP contribution in [0.5, 0.6) is 0 Å². The van der Waals surface area contributed by atoms with Crippen molar-refractivity contribution in [3.05, 3.63) is 22.4 Å². The van der Waals surface area contributed by atoms with Crippen LogP contribution in [0.4, 0.5) is 8.78 Å². The Kier molecular flexibility index (Phi) is 4.83. The zero-order chi connectivity index (χ0) is 20.9. The maximum atomic E-state index is 13.5. The summed E-state index contributed by atoms with van der Waals surface area (Å²) < 4.78 is 34.0. The molecule has 2 aromatic rings. The van der Waals surface area contributed by atoms with Crippen LogP contribution in [0, 0.1) is 5.92 Å². The van der Waals surface area contributed by atoms with E-state index in [9.17, 15) is 18.4 Å². The van der Waals surface area contributed by atoms with E-state index in [2.05, 4.69) is 15.1 Å². The minimum Gasteiger partial charge on any atom is -0.378 e. The number of halogens is 2. The van der Waals surface area contributed by atoms with Crippen molar-refractivity contribution in [2.45, 2.75) is 56.4 Å². The Morgan fingerprint density at radius 2 is 1.90 bits per heavy atom. The molecule has 0 aromatic carbocycles. The first-order valence-corrected chi connectivity index (χ1v) is 10.6. The van der Waals surface area contributed by atoms with E-state index in [-0.39, 0.29) is 42.2 Å². The van der Waals surface area contributed by atoms with Crippen molar-refractivity contribution in [1.82, 2.24) is 24.6 Å². The average molecular weight is 421 g/mol. The van der Waals surface area contributed by atoms with Gasteiger partial charge in [-0.25, -0.2) is 18.4 Å². The number of H-pyrrole nitrogens is 1.